The number of thiophene rings is 1. The van der Waals surface area contributed by atoms with Crippen LogP contribution in [-0.4, -0.2) is 4.83 Å². The summed E-state index contributed by atoms with van der Waals surface area (Å²) in [5.41, 5.74) is 0. The van der Waals surface area contributed by atoms with E-state index in [2.05, 4.69) is 47.3 Å². The molecule has 0 bridgehead atoms. The van der Waals surface area contributed by atoms with Crippen molar-refractivity contribution in [2.75, 3.05) is 0 Å². The second-order valence-corrected chi connectivity index (χ2v) is 5.51. The predicted octanol–water partition coefficient (Wildman–Crippen LogP) is 4.42. The van der Waals surface area contributed by atoms with Crippen LogP contribution in [0.1, 0.15) is 37.5 Å². The average Bonchev–Trinajstić information content (AvgIpc) is 2.51. The van der Waals surface area contributed by atoms with Crippen molar-refractivity contribution in [3.05, 3.63) is 22.4 Å². The third kappa shape index (κ3) is 2.60. The Morgan fingerprint density at radius 2 is 2.33 bits per heavy atom. The molecule has 68 valence electrons. The van der Waals surface area contributed by atoms with Crippen LogP contribution in [0.25, 0.3) is 0 Å². The molecule has 0 amide bonds. The summed E-state index contributed by atoms with van der Waals surface area (Å²) in [5, 5.41) is 2.16. The van der Waals surface area contributed by atoms with Gasteiger partial charge in [-0.15, -0.1) is 11.3 Å². The molecule has 0 aliphatic heterocycles. The highest BCUT2D eigenvalue weighted by atomic mass is 79.9. The minimum atomic E-state index is 0.594. The second kappa shape index (κ2) is 5.03. The lowest BCUT2D eigenvalue weighted by Gasteiger charge is -2.16. The Balaban J connectivity index is 2.66. The molecule has 0 aliphatic carbocycles. The summed E-state index contributed by atoms with van der Waals surface area (Å²) < 4.78 is 0. The lowest BCUT2D eigenvalue weighted by Crippen LogP contribution is -2.06. The van der Waals surface area contributed by atoms with E-state index in [1.165, 1.54) is 17.7 Å². The maximum Gasteiger partial charge on any atom is 0.0194 e. The second-order valence-electron chi connectivity index (χ2n) is 3.09. The van der Waals surface area contributed by atoms with Crippen molar-refractivity contribution < 1.29 is 0 Å². The largest absolute Gasteiger partial charge is 0.149 e. The molecule has 1 aromatic rings. The molecule has 0 fully saturated rings. The topological polar surface area (TPSA) is 0 Å². The number of rotatable bonds is 4. The zero-order valence-electron chi connectivity index (χ0n) is 7.59. The Morgan fingerprint density at radius 3 is 2.75 bits per heavy atom. The van der Waals surface area contributed by atoms with Crippen LogP contribution in [0.15, 0.2) is 17.5 Å². The summed E-state index contributed by atoms with van der Waals surface area (Å²) in [4.78, 5) is 2.11. The summed E-state index contributed by atoms with van der Waals surface area (Å²) in [6.45, 7) is 4.48. The van der Waals surface area contributed by atoms with E-state index in [-0.39, 0.29) is 0 Å². The van der Waals surface area contributed by atoms with Crippen molar-refractivity contribution >= 4 is 27.3 Å². The van der Waals surface area contributed by atoms with Crippen LogP contribution in [0.2, 0.25) is 0 Å². The van der Waals surface area contributed by atoms with E-state index >= 15 is 0 Å². The molecule has 1 rings (SSSR count). The van der Waals surface area contributed by atoms with Gasteiger partial charge in [-0.2, -0.15) is 0 Å². The Hall–Kier alpha value is 0.180. The number of alkyl halides is 1. The van der Waals surface area contributed by atoms with E-state index in [0.717, 1.165) is 0 Å². The maximum atomic E-state index is 3.67. The molecular weight excluding hydrogens is 232 g/mol. The van der Waals surface area contributed by atoms with Crippen LogP contribution in [0, 0.1) is 0 Å². The molecule has 12 heavy (non-hydrogen) atoms. The summed E-state index contributed by atoms with van der Waals surface area (Å²) in [6.07, 6.45) is 2.55. The van der Waals surface area contributed by atoms with Gasteiger partial charge in [-0.1, -0.05) is 42.3 Å². The van der Waals surface area contributed by atoms with E-state index in [1.54, 1.807) is 0 Å². The van der Waals surface area contributed by atoms with Crippen molar-refractivity contribution in [1.29, 1.82) is 0 Å². The third-order valence-electron chi connectivity index (χ3n) is 2.06. The van der Waals surface area contributed by atoms with Gasteiger partial charge in [0, 0.05) is 15.6 Å². The van der Waals surface area contributed by atoms with Gasteiger partial charge < -0.3 is 0 Å². The Bertz CT molecular complexity index is 204. The van der Waals surface area contributed by atoms with Gasteiger partial charge in [0.15, 0.2) is 0 Å². The Labute approximate surface area is 87.1 Å². The average molecular weight is 247 g/mol. The summed E-state index contributed by atoms with van der Waals surface area (Å²) in [5.74, 6) is 0.704. The molecule has 0 nitrogen and oxygen atoms in total. The van der Waals surface area contributed by atoms with Gasteiger partial charge in [0.25, 0.3) is 0 Å². The van der Waals surface area contributed by atoms with Crippen molar-refractivity contribution in [1.82, 2.24) is 0 Å². The lowest BCUT2D eigenvalue weighted by molar-refractivity contribution is 0.622. The van der Waals surface area contributed by atoms with Crippen LogP contribution in [0.5, 0.6) is 0 Å². The SMILES string of the molecule is CCC[C@@H](c1cccs1)[C@@H](C)Br. The fourth-order valence-corrected chi connectivity index (χ4v) is 3.10. The highest BCUT2D eigenvalue weighted by Crippen LogP contribution is 2.32. The van der Waals surface area contributed by atoms with Crippen LogP contribution in [0.3, 0.4) is 0 Å². The summed E-state index contributed by atoms with van der Waals surface area (Å²) in [6, 6.07) is 4.38. The standard InChI is InChI=1S/C10H15BrS/c1-3-5-9(8(2)11)10-6-4-7-12-10/h4,6-9H,3,5H2,1-2H3/t8-,9-/m1/s1. The van der Waals surface area contributed by atoms with E-state index < -0.39 is 0 Å². The first kappa shape index (κ1) is 10.3. The lowest BCUT2D eigenvalue weighted by atomic mass is 9.99. The molecule has 1 aromatic heterocycles. The highest BCUT2D eigenvalue weighted by molar-refractivity contribution is 9.09. The molecule has 0 saturated heterocycles. The quantitative estimate of drug-likeness (QED) is 0.691. The normalized spacial score (nSPS) is 15.9. The number of hydrogen-bond acceptors (Lipinski definition) is 1. The van der Waals surface area contributed by atoms with Crippen LogP contribution >= 0.6 is 27.3 Å². The molecule has 0 unspecified atom stereocenters. The molecular formula is C10H15BrS. The van der Waals surface area contributed by atoms with Crippen molar-refractivity contribution in [2.45, 2.75) is 37.4 Å². The molecule has 2 heteroatoms. The monoisotopic (exact) mass is 246 g/mol. The molecule has 0 N–H and O–H groups in total. The van der Waals surface area contributed by atoms with Gasteiger partial charge >= 0.3 is 0 Å². The first-order chi connectivity index (χ1) is 5.75. The minimum absolute atomic E-state index is 0.594. The number of halogens is 1. The fourth-order valence-electron chi connectivity index (χ4n) is 1.41. The fraction of sp³-hybridized carbons (Fsp3) is 0.600. The van der Waals surface area contributed by atoms with Gasteiger partial charge in [0.1, 0.15) is 0 Å². The maximum absolute atomic E-state index is 3.67. The summed E-state index contributed by atoms with van der Waals surface area (Å²) >= 11 is 5.54. The van der Waals surface area contributed by atoms with E-state index in [0.29, 0.717) is 10.7 Å². The van der Waals surface area contributed by atoms with E-state index in [4.69, 9.17) is 0 Å². The third-order valence-corrected chi connectivity index (χ3v) is 3.71. The van der Waals surface area contributed by atoms with Crippen molar-refractivity contribution in [3.63, 3.8) is 0 Å². The first-order valence-electron chi connectivity index (χ1n) is 4.43. The van der Waals surface area contributed by atoms with E-state index in [9.17, 15) is 0 Å². The Kier molecular flexibility index (Phi) is 4.30. The molecule has 1 heterocycles. The van der Waals surface area contributed by atoms with Gasteiger partial charge in [0.05, 0.1) is 0 Å². The van der Waals surface area contributed by atoms with Gasteiger partial charge in [-0.05, 0) is 17.9 Å². The highest BCUT2D eigenvalue weighted by Gasteiger charge is 2.16. The predicted molar refractivity (Wildman–Crippen MR) is 60.4 cm³/mol. The van der Waals surface area contributed by atoms with E-state index in [1.807, 2.05) is 11.3 Å². The molecule has 0 spiro atoms. The molecule has 2 atom stereocenters. The molecule has 0 aliphatic rings. The van der Waals surface area contributed by atoms with Gasteiger partial charge in [-0.25, -0.2) is 0 Å². The smallest absolute Gasteiger partial charge is 0.0194 e. The summed E-state index contributed by atoms with van der Waals surface area (Å²) in [7, 11) is 0. The van der Waals surface area contributed by atoms with Crippen LogP contribution < -0.4 is 0 Å². The zero-order valence-corrected chi connectivity index (χ0v) is 9.99. The molecule has 0 saturated carbocycles. The van der Waals surface area contributed by atoms with Crippen molar-refractivity contribution in [2.24, 2.45) is 0 Å². The van der Waals surface area contributed by atoms with Crippen molar-refractivity contribution in [3.8, 4) is 0 Å². The Morgan fingerprint density at radius 1 is 1.58 bits per heavy atom. The first-order valence-corrected chi connectivity index (χ1v) is 6.22. The minimum Gasteiger partial charge on any atom is -0.149 e. The number of hydrogen-bond donors (Lipinski definition) is 0. The van der Waals surface area contributed by atoms with Gasteiger partial charge in [0.2, 0.25) is 0 Å². The molecule has 0 aromatic carbocycles. The zero-order chi connectivity index (χ0) is 8.97. The van der Waals surface area contributed by atoms with Gasteiger partial charge in [-0.3, -0.25) is 0 Å². The molecule has 0 radical (unpaired) electrons. The van der Waals surface area contributed by atoms with Crippen LogP contribution in [0.4, 0.5) is 0 Å². The van der Waals surface area contributed by atoms with Crippen LogP contribution in [-0.2, 0) is 0 Å².